The molecule has 3 heterocycles. The molecule has 0 aromatic carbocycles. The van der Waals surface area contributed by atoms with Crippen LogP contribution in [0.25, 0.3) is 0 Å². The highest BCUT2D eigenvalue weighted by Gasteiger charge is 2.71. The monoisotopic (exact) mass is 386 g/mol. The lowest BCUT2D eigenvalue weighted by Crippen LogP contribution is -2.52. The standard InChI is InChI=1S/C18H26O9/c1-10(2)14(19)21-7-8-22-15(20)18-13(26-17(5,6)27-18)12-11(24-18)9-23-16(3,4)25-12/h11-13H,1,7-9H2,2-6H3. The van der Waals surface area contributed by atoms with Gasteiger partial charge in [-0.15, -0.1) is 0 Å². The summed E-state index contributed by atoms with van der Waals surface area (Å²) in [7, 11) is 0. The molecule has 3 rings (SSSR count). The number of hydrogen-bond donors (Lipinski definition) is 0. The average Bonchev–Trinajstić information content (AvgIpc) is 2.98. The molecule has 0 N–H and O–H groups in total. The summed E-state index contributed by atoms with van der Waals surface area (Å²) in [6.07, 6.45) is -1.90. The van der Waals surface area contributed by atoms with Crippen LogP contribution in [0.5, 0.6) is 0 Å². The minimum Gasteiger partial charge on any atom is -0.459 e. The van der Waals surface area contributed by atoms with E-state index < -0.39 is 47.6 Å². The Morgan fingerprint density at radius 2 is 1.70 bits per heavy atom. The molecule has 4 unspecified atom stereocenters. The fourth-order valence-electron chi connectivity index (χ4n) is 3.30. The summed E-state index contributed by atoms with van der Waals surface area (Å²) in [5.74, 6) is -4.98. The van der Waals surface area contributed by atoms with E-state index >= 15 is 0 Å². The van der Waals surface area contributed by atoms with E-state index in [0.717, 1.165) is 0 Å². The van der Waals surface area contributed by atoms with Crippen molar-refractivity contribution in [2.24, 2.45) is 0 Å². The van der Waals surface area contributed by atoms with E-state index in [9.17, 15) is 9.59 Å². The first-order valence-corrected chi connectivity index (χ1v) is 8.83. The summed E-state index contributed by atoms with van der Waals surface area (Å²) in [5.41, 5.74) is 0.261. The molecule has 27 heavy (non-hydrogen) atoms. The van der Waals surface area contributed by atoms with Crippen molar-refractivity contribution in [1.82, 2.24) is 0 Å². The molecule has 0 spiro atoms. The van der Waals surface area contributed by atoms with Gasteiger partial charge in [0.25, 0.3) is 0 Å². The van der Waals surface area contributed by atoms with E-state index in [1.807, 2.05) is 0 Å². The Morgan fingerprint density at radius 1 is 1.04 bits per heavy atom. The Balaban J connectivity index is 1.69. The lowest BCUT2D eigenvalue weighted by molar-refractivity contribution is -0.326. The minimum atomic E-state index is -1.76. The van der Waals surface area contributed by atoms with Crippen LogP contribution in [-0.2, 0) is 42.7 Å². The van der Waals surface area contributed by atoms with Crippen molar-refractivity contribution in [2.45, 2.75) is 70.3 Å². The maximum Gasteiger partial charge on any atom is 0.370 e. The second kappa shape index (κ2) is 6.82. The topological polar surface area (TPSA) is 98.8 Å². The Kier molecular flexibility index (Phi) is 5.11. The minimum absolute atomic E-state index is 0.109. The SMILES string of the molecule is C=C(C)C(=O)OCCOC(=O)C12OC3COC(C)(C)OC3C1OC(C)(C)O2. The molecule has 0 aromatic rings. The highest BCUT2D eigenvalue weighted by atomic mass is 16.9. The molecule has 4 atom stereocenters. The Morgan fingerprint density at radius 3 is 2.37 bits per heavy atom. The van der Waals surface area contributed by atoms with Crippen molar-refractivity contribution in [3.63, 3.8) is 0 Å². The van der Waals surface area contributed by atoms with Gasteiger partial charge in [-0.25, -0.2) is 9.59 Å². The van der Waals surface area contributed by atoms with Crippen LogP contribution < -0.4 is 0 Å². The zero-order valence-corrected chi connectivity index (χ0v) is 16.2. The summed E-state index contributed by atoms with van der Waals surface area (Å²) in [4.78, 5) is 24.2. The fraction of sp³-hybridized carbons (Fsp3) is 0.778. The highest BCUT2D eigenvalue weighted by Crippen LogP contribution is 2.49. The van der Waals surface area contributed by atoms with Crippen molar-refractivity contribution in [3.05, 3.63) is 12.2 Å². The van der Waals surface area contributed by atoms with E-state index in [2.05, 4.69) is 6.58 Å². The zero-order valence-electron chi connectivity index (χ0n) is 16.2. The summed E-state index contributed by atoms with van der Waals surface area (Å²) in [5, 5.41) is 0. The first-order valence-electron chi connectivity index (χ1n) is 8.83. The Labute approximate surface area is 157 Å². The molecule has 0 amide bonds. The Bertz CT molecular complexity index is 641. The van der Waals surface area contributed by atoms with Gasteiger partial charge in [-0.3, -0.25) is 0 Å². The van der Waals surface area contributed by atoms with E-state index in [-0.39, 0.29) is 25.4 Å². The summed E-state index contributed by atoms with van der Waals surface area (Å²) in [6, 6.07) is 0. The first kappa shape index (κ1) is 20.2. The molecule has 9 nitrogen and oxygen atoms in total. The van der Waals surface area contributed by atoms with Gasteiger partial charge in [-0.05, 0) is 34.6 Å². The smallest absolute Gasteiger partial charge is 0.370 e. The largest absolute Gasteiger partial charge is 0.459 e. The second-order valence-corrected chi connectivity index (χ2v) is 7.71. The average molecular weight is 386 g/mol. The molecule has 0 saturated carbocycles. The van der Waals surface area contributed by atoms with Crippen LogP contribution in [0.4, 0.5) is 0 Å². The number of hydrogen-bond acceptors (Lipinski definition) is 9. The molecule has 0 aliphatic carbocycles. The first-order chi connectivity index (χ1) is 12.5. The molecule has 9 heteroatoms. The maximum atomic E-state index is 12.8. The van der Waals surface area contributed by atoms with Gasteiger partial charge >= 0.3 is 17.7 Å². The molecule has 0 bridgehead atoms. The van der Waals surface area contributed by atoms with Crippen LogP contribution in [0.15, 0.2) is 12.2 Å². The predicted molar refractivity (Wildman–Crippen MR) is 89.3 cm³/mol. The molecule has 3 saturated heterocycles. The second-order valence-electron chi connectivity index (χ2n) is 7.71. The zero-order chi connectivity index (χ0) is 20.0. The summed E-state index contributed by atoms with van der Waals surface area (Å²) < 4.78 is 39.3. The molecule has 3 aliphatic rings. The lowest BCUT2D eigenvalue weighted by atomic mass is 10.0. The van der Waals surface area contributed by atoms with Crippen molar-refractivity contribution in [1.29, 1.82) is 0 Å². The molecule has 3 fully saturated rings. The van der Waals surface area contributed by atoms with Gasteiger partial charge in [-0.1, -0.05) is 6.58 Å². The van der Waals surface area contributed by atoms with Crippen molar-refractivity contribution < 1.29 is 42.7 Å². The van der Waals surface area contributed by atoms with Crippen LogP contribution in [-0.4, -0.2) is 67.4 Å². The normalized spacial score (nSPS) is 35.8. The van der Waals surface area contributed by atoms with Crippen LogP contribution in [0.2, 0.25) is 0 Å². The van der Waals surface area contributed by atoms with Crippen LogP contribution >= 0.6 is 0 Å². The van der Waals surface area contributed by atoms with E-state index in [1.165, 1.54) is 6.92 Å². The third-order valence-electron chi connectivity index (χ3n) is 4.37. The molecule has 0 radical (unpaired) electrons. The number of carbonyl (C=O) groups is 2. The van der Waals surface area contributed by atoms with Gasteiger partial charge in [0, 0.05) is 5.57 Å². The number of rotatable bonds is 5. The van der Waals surface area contributed by atoms with E-state index in [4.69, 9.17) is 33.2 Å². The van der Waals surface area contributed by atoms with Gasteiger partial charge in [0.05, 0.1) is 6.61 Å². The van der Waals surface area contributed by atoms with E-state index in [0.29, 0.717) is 0 Å². The molecule has 3 aliphatic heterocycles. The summed E-state index contributed by atoms with van der Waals surface area (Å²) in [6.45, 7) is 11.9. The molecule has 0 aromatic heterocycles. The van der Waals surface area contributed by atoms with Gasteiger partial charge in [0.2, 0.25) is 0 Å². The highest BCUT2D eigenvalue weighted by molar-refractivity contribution is 5.86. The molecule has 152 valence electrons. The van der Waals surface area contributed by atoms with Gasteiger partial charge < -0.3 is 33.2 Å². The molecular formula is C18H26O9. The number of fused-ring (bicyclic) bond motifs is 3. The van der Waals surface area contributed by atoms with Crippen molar-refractivity contribution in [2.75, 3.05) is 19.8 Å². The molecular weight excluding hydrogens is 360 g/mol. The maximum absolute atomic E-state index is 12.8. The van der Waals surface area contributed by atoms with Crippen LogP contribution in [0.3, 0.4) is 0 Å². The van der Waals surface area contributed by atoms with E-state index in [1.54, 1.807) is 27.7 Å². The Hall–Kier alpha value is -1.52. The van der Waals surface area contributed by atoms with Crippen molar-refractivity contribution in [3.8, 4) is 0 Å². The third-order valence-corrected chi connectivity index (χ3v) is 4.37. The number of carbonyl (C=O) groups excluding carboxylic acids is 2. The quantitative estimate of drug-likeness (QED) is 0.390. The fourth-order valence-corrected chi connectivity index (χ4v) is 3.30. The van der Waals surface area contributed by atoms with Crippen LogP contribution in [0.1, 0.15) is 34.6 Å². The third kappa shape index (κ3) is 3.88. The lowest BCUT2D eigenvalue weighted by Gasteiger charge is -2.38. The number of ether oxygens (including phenoxy) is 7. The number of esters is 2. The summed E-state index contributed by atoms with van der Waals surface area (Å²) >= 11 is 0. The van der Waals surface area contributed by atoms with Gasteiger partial charge in [0.15, 0.2) is 17.7 Å². The van der Waals surface area contributed by atoms with Crippen LogP contribution in [0, 0.1) is 0 Å². The van der Waals surface area contributed by atoms with Gasteiger partial charge in [-0.2, -0.15) is 0 Å². The predicted octanol–water partition coefficient (Wildman–Crippen LogP) is 1.05. The van der Waals surface area contributed by atoms with Gasteiger partial charge in [0.1, 0.15) is 25.4 Å². The van der Waals surface area contributed by atoms with Crippen molar-refractivity contribution >= 4 is 11.9 Å².